The van der Waals surface area contributed by atoms with Crippen LogP contribution in [0, 0.1) is 5.82 Å². The Hall–Kier alpha value is -1.29. The lowest BCUT2D eigenvalue weighted by molar-refractivity contribution is 0.571. The smallest absolute Gasteiger partial charge is 0.226 e. The number of hydrogen-bond acceptors (Lipinski definition) is 3. The molecule has 0 aliphatic carbocycles. The molecule has 0 fully saturated rings. The summed E-state index contributed by atoms with van der Waals surface area (Å²) in [7, 11) is 0. The van der Waals surface area contributed by atoms with E-state index in [0.717, 1.165) is 17.2 Å². The van der Waals surface area contributed by atoms with E-state index in [9.17, 15) is 4.39 Å². The molecule has 0 radical (unpaired) electrons. The molecule has 0 aliphatic rings. The first-order valence-electron chi connectivity index (χ1n) is 6.07. The van der Waals surface area contributed by atoms with Gasteiger partial charge in [0.15, 0.2) is 0 Å². The molecule has 1 heterocycles. The highest BCUT2D eigenvalue weighted by Gasteiger charge is 2.07. The number of rotatable bonds is 6. The fourth-order valence-electron chi connectivity index (χ4n) is 1.55. The van der Waals surface area contributed by atoms with Crippen molar-refractivity contribution in [2.75, 3.05) is 5.75 Å². The van der Waals surface area contributed by atoms with Gasteiger partial charge in [-0.3, -0.25) is 0 Å². The number of unbranched alkanes of at least 4 members (excludes halogenated alkanes) is 1. The van der Waals surface area contributed by atoms with Gasteiger partial charge in [-0.1, -0.05) is 19.4 Å². The molecular formula is C14H16FNOS. The number of thioether (sulfide) groups is 1. The molecule has 18 heavy (non-hydrogen) atoms. The highest BCUT2D eigenvalue weighted by molar-refractivity contribution is 7.98. The molecule has 0 bridgehead atoms. The van der Waals surface area contributed by atoms with Crippen molar-refractivity contribution in [3.8, 4) is 11.5 Å². The zero-order chi connectivity index (χ0) is 12.8. The summed E-state index contributed by atoms with van der Waals surface area (Å²) in [5, 5.41) is 0. The Morgan fingerprint density at radius 2 is 2.28 bits per heavy atom. The average Bonchev–Trinajstić information content (AvgIpc) is 2.83. The van der Waals surface area contributed by atoms with Gasteiger partial charge in [-0.2, -0.15) is 11.8 Å². The molecule has 2 aromatic rings. The molecular weight excluding hydrogens is 249 g/mol. The van der Waals surface area contributed by atoms with Crippen LogP contribution in [0.4, 0.5) is 4.39 Å². The molecule has 1 aromatic carbocycles. The summed E-state index contributed by atoms with van der Waals surface area (Å²) >= 11 is 1.85. The highest BCUT2D eigenvalue weighted by Crippen LogP contribution is 2.21. The molecule has 0 N–H and O–H groups in total. The van der Waals surface area contributed by atoms with Gasteiger partial charge >= 0.3 is 0 Å². The maximum absolute atomic E-state index is 13.1. The monoisotopic (exact) mass is 265 g/mol. The Kier molecular flexibility index (Phi) is 4.81. The van der Waals surface area contributed by atoms with Crippen LogP contribution in [0.3, 0.4) is 0 Å². The third kappa shape index (κ3) is 3.60. The van der Waals surface area contributed by atoms with Crippen LogP contribution in [-0.4, -0.2) is 10.7 Å². The summed E-state index contributed by atoms with van der Waals surface area (Å²) < 4.78 is 18.4. The zero-order valence-electron chi connectivity index (χ0n) is 10.4. The van der Waals surface area contributed by atoms with Crippen LogP contribution in [-0.2, 0) is 5.75 Å². The molecule has 0 unspecified atom stereocenters. The van der Waals surface area contributed by atoms with Gasteiger partial charge in [0.25, 0.3) is 0 Å². The average molecular weight is 265 g/mol. The van der Waals surface area contributed by atoms with Gasteiger partial charge < -0.3 is 4.42 Å². The van der Waals surface area contributed by atoms with E-state index < -0.39 is 0 Å². The van der Waals surface area contributed by atoms with Gasteiger partial charge in [0, 0.05) is 11.3 Å². The van der Waals surface area contributed by atoms with Crippen molar-refractivity contribution in [1.29, 1.82) is 0 Å². The van der Waals surface area contributed by atoms with Crippen molar-refractivity contribution >= 4 is 11.8 Å². The molecule has 96 valence electrons. The largest absolute Gasteiger partial charge is 0.444 e. The van der Waals surface area contributed by atoms with E-state index in [1.54, 1.807) is 18.4 Å². The van der Waals surface area contributed by atoms with E-state index in [1.165, 1.54) is 25.0 Å². The topological polar surface area (TPSA) is 26.0 Å². The summed E-state index contributed by atoms with van der Waals surface area (Å²) in [4.78, 5) is 4.37. The number of hydrogen-bond donors (Lipinski definition) is 0. The number of aromatic nitrogens is 1. The second-order valence-electron chi connectivity index (χ2n) is 4.06. The normalized spacial score (nSPS) is 10.8. The molecule has 0 aliphatic heterocycles. The minimum atomic E-state index is -0.274. The first kappa shape index (κ1) is 13.1. The van der Waals surface area contributed by atoms with Gasteiger partial charge in [0.05, 0.1) is 5.69 Å². The molecule has 0 amide bonds. The van der Waals surface area contributed by atoms with Crippen LogP contribution in [0.2, 0.25) is 0 Å². The second kappa shape index (κ2) is 6.59. The maximum Gasteiger partial charge on any atom is 0.226 e. The third-order valence-corrected chi connectivity index (χ3v) is 3.59. The molecule has 0 saturated carbocycles. The van der Waals surface area contributed by atoms with Gasteiger partial charge in [-0.05, 0) is 30.4 Å². The van der Waals surface area contributed by atoms with Crippen molar-refractivity contribution in [2.24, 2.45) is 0 Å². The molecule has 0 spiro atoms. The lowest BCUT2D eigenvalue weighted by Gasteiger charge is -1.96. The van der Waals surface area contributed by atoms with Crippen molar-refractivity contribution in [3.63, 3.8) is 0 Å². The van der Waals surface area contributed by atoms with Crippen LogP contribution in [0.5, 0.6) is 0 Å². The van der Waals surface area contributed by atoms with Crippen molar-refractivity contribution < 1.29 is 8.81 Å². The number of oxazole rings is 1. The maximum atomic E-state index is 13.1. The predicted molar refractivity (Wildman–Crippen MR) is 73.0 cm³/mol. The quantitative estimate of drug-likeness (QED) is 0.718. The lowest BCUT2D eigenvalue weighted by Crippen LogP contribution is -1.84. The first-order valence-corrected chi connectivity index (χ1v) is 7.23. The molecule has 2 rings (SSSR count). The summed E-state index contributed by atoms with van der Waals surface area (Å²) in [5.74, 6) is 2.20. The minimum Gasteiger partial charge on any atom is -0.444 e. The lowest BCUT2D eigenvalue weighted by atomic mass is 10.2. The van der Waals surface area contributed by atoms with Crippen LogP contribution in [0.15, 0.2) is 34.9 Å². The van der Waals surface area contributed by atoms with E-state index in [0.29, 0.717) is 11.5 Å². The highest BCUT2D eigenvalue weighted by atomic mass is 32.2. The Labute approximate surface area is 111 Å². The molecule has 0 atom stereocenters. The van der Waals surface area contributed by atoms with E-state index in [4.69, 9.17) is 4.42 Å². The fraction of sp³-hybridized carbons (Fsp3) is 0.357. The Balaban J connectivity index is 1.97. The van der Waals surface area contributed by atoms with Crippen molar-refractivity contribution in [3.05, 3.63) is 42.0 Å². The number of nitrogens with zero attached hydrogens (tertiary/aromatic N) is 1. The number of benzene rings is 1. The van der Waals surface area contributed by atoms with E-state index in [1.807, 2.05) is 11.8 Å². The standard InChI is InChI=1S/C14H16FNOS/c1-2-3-7-18-10-13-9-17-14(16-13)11-5-4-6-12(15)8-11/h4-6,8-9H,2-3,7,10H2,1H3. The zero-order valence-corrected chi connectivity index (χ0v) is 11.2. The first-order chi connectivity index (χ1) is 8.79. The van der Waals surface area contributed by atoms with E-state index in [2.05, 4.69) is 11.9 Å². The Morgan fingerprint density at radius 3 is 3.06 bits per heavy atom. The SMILES string of the molecule is CCCCSCc1coc(-c2cccc(F)c2)n1. The van der Waals surface area contributed by atoms with E-state index >= 15 is 0 Å². The van der Waals surface area contributed by atoms with Crippen LogP contribution < -0.4 is 0 Å². The summed E-state index contributed by atoms with van der Waals surface area (Å²) in [6, 6.07) is 6.29. The summed E-state index contributed by atoms with van der Waals surface area (Å²) in [6.07, 6.45) is 4.08. The predicted octanol–water partition coefficient (Wildman–Crippen LogP) is 4.51. The summed E-state index contributed by atoms with van der Waals surface area (Å²) in [6.45, 7) is 2.18. The van der Waals surface area contributed by atoms with Gasteiger partial charge in [0.2, 0.25) is 5.89 Å². The van der Waals surface area contributed by atoms with Gasteiger partial charge in [-0.25, -0.2) is 9.37 Å². The molecule has 4 heteroatoms. The Bertz CT molecular complexity index is 498. The van der Waals surface area contributed by atoms with E-state index in [-0.39, 0.29) is 5.82 Å². The van der Waals surface area contributed by atoms with Crippen molar-refractivity contribution in [1.82, 2.24) is 4.98 Å². The summed E-state index contributed by atoms with van der Waals surface area (Å²) in [5.41, 5.74) is 1.59. The Morgan fingerprint density at radius 1 is 1.39 bits per heavy atom. The number of halogens is 1. The third-order valence-electron chi connectivity index (χ3n) is 2.52. The minimum absolute atomic E-state index is 0.274. The van der Waals surface area contributed by atoms with Gasteiger partial charge in [-0.15, -0.1) is 0 Å². The van der Waals surface area contributed by atoms with Crippen LogP contribution in [0.1, 0.15) is 25.5 Å². The van der Waals surface area contributed by atoms with Crippen molar-refractivity contribution in [2.45, 2.75) is 25.5 Å². The fourth-order valence-corrected chi connectivity index (χ4v) is 2.53. The van der Waals surface area contributed by atoms with Crippen LogP contribution in [0.25, 0.3) is 11.5 Å². The van der Waals surface area contributed by atoms with Gasteiger partial charge in [0.1, 0.15) is 12.1 Å². The molecule has 1 aromatic heterocycles. The van der Waals surface area contributed by atoms with Crippen LogP contribution >= 0.6 is 11.8 Å². The molecule has 0 saturated heterocycles. The molecule has 2 nitrogen and oxygen atoms in total. The second-order valence-corrected chi connectivity index (χ2v) is 5.17.